The van der Waals surface area contributed by atoms with Crippen LogP contribution in [0, 0.1) is 0 Å². The molecule has 0 aliphatic rings. The van der Waals surface area contributed by atoms with Gasteiger partial charge in [-0.2, -0.15) is 12.6 Å². The minimum absolute atomic E-state index is 1.04. The van der Waals surface area contributed by atoms with E-state index < -0.39 is 0 Å². The maximum Gasteiger partial charge on any atom is 0.0960 e. The van der Waals surface area contributed by atoms with Crippen molar-refractivity contribution in [2.45, 2.75) is 50.0 Å². The molecule has 0 saturated heterocycles. The number of halogens is 1. The van der Waals surface area contributed by atoms with E-state index in [1.54, 1.807) is 0 Å². The van der Waals surface area contributed by atoms with Crippen molar-refractivity contribution < 1.29 is 0 Å². The van der Waals surface area contributed by atoms with Crippen LogP contribution in [0.3, 0.4) is 0 Å². The number of hydrogen-bond donors (Lipinski definition) is 1. The molecule has 0 N–H and O–H groups in total. The zero-order valence-electron chi connectivity index (χ0n) is 10.8. The van der Waals surface area contributed by atoms with Gasteiger partial charge in [-0.25, -0.2) is 4.98 Å². The molecule has 0 aliphatic carbocycles. The standard InChI is InChI=1S/C14H22BrNS2/c15-13-8-9-14(16-12-13)18-11-7-5-3-1-2-4-6-10-17/h8-9,12,17H,1-7,10-11H2. The molecule has 0 bridgehead atoms. The summed E-state index contributed by atoms with van der Waals surface area (Å²) in [6.07, 6.45) is 11.3. The highest BCUT2D eigenvalue weighted by Gasteiger charge is 1.96. The molecule has 1 aromatic rings. The van der Waals surface area contributed by atoms with Crippen molar-refractivity contribution in [1.29, 1.82) is 0 Å². The predicted molar refractivity (Wildman–Crippen MR) is 88.8 cm³/mol. The first-order valence-corrected chi connectivity index (χ1v) is 9.09. The molecule has 102 valence electrons. The second kappa shape index (κ2) is 11.2. The summed E-state index contributed by atoms with van der Waals surface area (Å²) in [7, 11) is 0. The largest absolute Gasteiger partial charge is 0.249 e. The fraction of sp³-hybridized carbons (Fsp3) is 0.643. The summed E-state index contributed by atoms with van der Waals surface area (Å²) in [5.74, 6) is 2.22. The van der Waals surface area contributed by atoms with Crippen LogP contribution in [0.15, 0.2) is 27.8 Å². The first-order valence-electron chi connectivity index (χ1n) is 6.68. The average molecular weight is 348 g/mol. The van der Waals surface area contributed by atoms with Crippen molar-refractivity contribution in [3.8, 4) is 0 Å². The average Bonchev–Trinajstić information content (AvgIpc) is 2.39. The minimum atomic E-state index is 1.04. The first kappa shape index (κ1) is 16.4. The van der Waals surface area contributed by atoms with Gasteiger partial charge in [0.1, 0.15) is 0 Å². The maximum absolute atomic E-state index is 4.35. The van der Waals surface area contributed by atoms with E-state index in [1.165, 1.54) is 50.7 Å². The van der Waals surface area contributed by atoms with Crippen LogP contribution in [0.4, 0.5) is 0 Å². The second-order valence-corrected chi connectivity index (χ2v) is 6.84. The number of thioether (sulfide) groups is 1. The van der Waals surface area contributed by atoms with Gasteiger partial charge in [-0.1, -0.05) is 32.1 Å². The van der Waals surface area contributed by atoms with E-state index in [9.17, 15) is 0 Å². The Balaban J connectivity index is 1.91. The van der Waals surface area contributed by atoms with E-state index in [0.29, 0.717) is 0 Å². The summed E-state index contributed by atoms with van der Waals surface area (Å²) in [5, 5.41) is 1.13. The van der Waals surface area contributed by atoms with E-state index in [-0.39, 0.29) is 0 Å². The smallest absolute Gasteiger partial charge is 0.0960 e. The number of nitrogens with zero attached hydrogens (tertiary/aromatic N) is 1. The van der Waals surface area contributed by atoms with Gasteiger partial charge in [0.15, 0.2) is 0 Å². The minimum Gasteiger partial charge on any atom is -0.249 e. The zero-order valence-corrected chi connectivity index (χ0v) is 14.1. The number of aromatic nitrogens is 1. The summed E-state index contributed by atoms with van der Waals surface area (Å²) < 4.78 is 1.05. The molecule has 1 nitrogen and oxygen atoms in total. The molecule has 4 heteroatoms. The SMILES string of the molecule is SCCCCCCCCCSc1ccc(Br)cn1. The molecule has 0 atom stereocenters. The van der Waals surface area contributed by atoms with E-state index in [0.717, 1.165) is 15.3 Å². The molecule has 0 spiro atoms. The molecular formula is C14H22BrNS2. The number of hydrogen-bond acceptors (Lipinski definition) is 3. The number of rotatable bonds is 10. The highest BCUT2D eigenvalue weighted by atomic mass is 79.9. The Bertz CT molecular complexity index is 303. The lowest BCUT2D eigenvalue weighted by Crippen LogP contribution is -1.85. The number of unbranched alkanes of at least 4 members (excludes halogenated alkanes) is 6. The van der Waals surface area contributed by atoms with E-state index in [4.69, 9.17) is 0 Å². The van der Waals surface area contributed by atoms with Crippen LogP contribution in [0.2, 0.25) is 0 Å². The van der Waals surface area contributed by atoms with Crippen LogP contribution in [0.25, 0.3) is 0 Å². The Morgan fingerprint density at radius 2 is 1.67 bits per heavy atom. The Morgan fingerprint density at radius 3 is 2.28 bits per heavy atom. The fourth-order valence-electron chi connectivity index (χ4n) is 1.72. The van der Waals surface area contributed by atoms with Gasteiger partial charge in [-0.15, -0.1) is 11.8 Å². The van der Waals surface area contributed by atoms with Crippen LogP contribution in [-0.2, 0) is 0 Å². The summed E-state index contributed by atoms with van der Waals surface area (Å²) in [5.41, 5.74) is 0. The summed E-state index contributed by atoms with van der Waals surface area (Å²) in [4.78, 5) is 4.35. The molecule has 0 aromatic carbocycles. The van der Waals surface area contributed by atoms with Crippen molar-refractivity contribution in [3.63, 3.8) is 0 Å². The molecule has 1 heterocycles. The summed E-state index contributed by atoms with van der Waals surface area (Å²) in [6, 6.07) is 4.13. The molecule has 0 unspecified atom stereocenters. The number of thiol groups is 1. The van der Waals surface area contributed by atoms with Crippen molar-refractivity contribution in [2.75, 3.05) is 11.5 Å². The lowest BCUT2D eigenvalue weighted by molar-refractivity contribution is 0.605. The van der Waals surface area contributed by atoms with Crippen molar-refractivity contribution in [3.05, 3.63) is 22.8 Å². The zero-order chi connectivity index (χ0) is 13.1. The highest BCUT2D eigenvalue weighted by Crippen LogP contribution is 2.19. The third-order valence-corrected chi connectivity index (χ3v) is 4.57. The van der Waals surface area contributed by atoms with Gasteiger partial charge in [-0.3, -0.25) is 0 Å². The van der Waals surface area contributed by atoms with Gasteiger partial charge >= 0.3 is 0 Å². The van der Waals surface area contributed by atoms with Gasteiger partial charge in [0, 0.05) is 10.7 Å². The predicted octanol–water partition coefficient (Wildman–Crippen LogP) is 5.60. The van der Waals surface area contributed by atoms with Crippen LogP contribution in [-0.4, -0.2) is 16.5 Å². The quantitative estimate of drug-likeness (QED) is 0.336. The fourth-order valence-corrected chi connectivity index (χ4v) is 3.03. The summed E-state index contributed by atoms with van der Waals surface area (Å²) in [6.45, 7) is 0. The van der Waals surface area contributed by atoms with Gasteiger partial charge < -0.3 is 0 Å². The molecule has 18 heavy (non-hydrogen) atoms. The Kier molecular flexibility index (Phi) is 10.2. The third kappa shape index (κ3) is 8.44. The third-order valence-electron chi connectivity index (χ3n) is 2.75. The van der Waals surface area contributed by atoms with Gasteiger partial charge in [0.25, 0.3) is 0 Å². The maximum atomic E-state index is 4.35. The van der Waals surface area contributed by atoms with Crippen molar-refractivity contribution in [2.24, 2.45) is 0 Å². The first-order chi connectivity index (χ1) is 8.83. The van der Waals surface area contributed by atoms with Gasteiger partial charge in [0.2, 0.25) is 0 Å². The van der Waals surface area contributed by atoms with Crippen molar-refractivity contribution >= 4 is 40.3 Å². The Labute approximate surface area is 129 Å². The lowest BCUT2D eigenvalue weighted by atomic mass is 10.1. The van der Waals surface area contributed by atoms with Gasteiger partial charge in [0.05, 0.1) is 5.03 Å². The molecule has 0 amide bonds. The molecular weight excluding hydrogens is 326 g/mol. The molecule has 0 radical (unpaired) electrons. The molecule has 1 aromatic heterocycles. The summed E-state index contributed by atoms with van der Waals surface area (Å²) >= 11 is 9.48. The van der Waals surface area contributed by atoms with Crippen LogP contribution < -0.4 is 0 Å². The van der Waals surface area contributed by atoms with E-state index >= 15 is 0 Å². The number of pyridine rings is 1. The highest BCUT2D eigenvalue weighted by molar-refractivity contribution is 9.10. The molecule has 0 saturated carbocycles. The Morgan fingerprint density at radius 1 is 1.00 bits per heavy atom. The van der Waals surface area contributed by atoms with Crippen molar-refractivity contribution in [1.82, 2.24) is 4.98 Å². The Hall–Kier alpha value is 0.330. The van der Waals surface area contributed by atoms with E-state index in [2.05, 4.69) is 45.7 Å². The van der Waals surface area contributed by atoms with Crippen LogP contribution >= 0.6 is 40.3 Å². The van der Waals surface area contributed by atoms with Crippen LogP contribution in [0.5, 0.6) is 0 Å². The molecule has 1 rings (SSSR count). The van der Waals surface area contributed by atoms with Gasteiger partial charge in [-0.05, 0) is 52.4 Å². The normalized spacial score (nSPS) is 10.8. The molecule has 0 aliphatic heterocycles. The van der Waals surface area contributed by atoms with E-state index in [1.807, 2.05) is 18.0 Å². The topological polar surface area (TPSA) is 12.9 Å². The lowest BCUT2D eigenvalue weighted by Gasteiger charge is -2.02. The second-order valence-electron chi connectivity index (χ2n) is 4.36. The van der Waals surface area contributed by atoms with Crippen LogP contribution in [0.1, 0.15) is 44.9 Å². The monoisotopic (exact) mass is 347 g/mol. The molecule has 0 fully saturated rings.